The van der Waals surface area contributed by atoms with Crippen LogP contribution in [0.2, 0.25) is 0 Å². The zero-order valence-corrected chi connectivity index (χ0v) is 29.1. The third-order valence-electron chi connectivity index (χ3n) is 9.21. The van der Waals surface area contributed by atoms with Crippen LogP contribution >= 0.6 is 0 Å². The first-order chi connectivity index (χ1) is 25.8. The summed E-state index contributed by atoms with van der Waals surface area (Å²) in [7, 11) is 3.10. The topological polar surface area (TPSA) is 181 Å². The van der Waals surface area contributed by atoms with Gasteiger partial charge in [-0.15, -0.1) is 0 Å². The fourth-order valence-electron chi connectivity index (χ4n) is 6.45. The maximum atomic E-state index is 13.1. The van der Waals surface area contributed by atoms with Gasteiger partial charge in [-0.25, -0.2) is 4.79 Å². The summed E-state index contributed by atoms with van der Waals surface area (Å²) in [5, 5.41) is 26.4. The molecule has 0 radical (unpaired) electrons. The van der Waals surface area contributed by atoms with Gasteiger partial charge < -0.3 is 35.1 Å². The molecular formula is C38H37F3N4O9. The summed E-state index contributed by atoms with van der Waals surface area (Å²) in [6.07, 6.45) is -6.75. The molecule has 0 aliphatic carbocycles. The number of carbonyl (C=O) groups excluding carboxylic acids is 2. The number of nitrogens with one attached hydrogen (secondary N) is 3. The molecule has 5 N–H and O–H groups in total. The van der Waals surface area contributed by atoms with Crippen molar-refractivity contribution < 1.29 is 47.2 Å². The van der Waals surface area contributed by atoms with E-state index in [9.17, 15) is 42.6 Å². The lowest BCUT2D eigenvalue weighted by Gasteiger charge is -2.43. The number of carbonyl (C=O) groups is 2. The molecule has 13 nitrogen and oxygen atoms in total. The van der Waals surface area contributed by atoms with Crippen LogP contribution in [0, 0.1) is 11.8 Å². The predicted octanol–water partition coefficient (Wildman–Crippen LogP) is 2.14. The van der Waals surface area contributed by atoms with Gasteiger partial charge in [-0.2, -0.15) is 13.2 Å². The number of halogens is 3. The molecule has 2 heterocycles. The average Bonchev–Trinajstić information content (AvgIpc) is 3.50. The highest BCUT2D eigenvalue weighted by Gasteiger charge is 2.54. The minimum absolute atomic E-state index is 0.0231. The second-order valence-electron chi connectivity index (χ2n) is 12.4. The quantitative estimate of drug-likeness (QED) is 0.107. The molecular weight excluding hydrogens is 713 g/mol. The zero-order chi connectivity index (χ0) is 39.1. The van der Waals surface area contributed by atoms with E-state index in [1.54, 1.807) is 38.5 Å². The van der Waals surface area contributed by atoms with Crippen LogP contribution in [0.15, 0.2) is 94.6 Å². The Bertz CT molecular complexity index is 2080. The summed E-state index contributed by atoms with van der Waals surface area (Å²) in [6.45, 7) is -2.04. The van der Waals surface area contributed by atoms with Gasteiger partial charge in [0.15, 0.2) is 0 Å². The maximum absolute atomic E-state index is 13.1. The van der Waals surface area contributed by atoms with Gasteiger partial charge in [-0.3, -0.25) is 23.9 Å². The minimum Gasteiger partial charge on any atom is -0.497 e. The van der Waals surface area contributed by atoms with E-state index in [2.05, 4.69) is 22.1 Å². The van der Waals surface area contributed by atoms with Gasteiger partial charge in [-0.1, -0.05) is 66.4 Å². The van der Waals surface area contributed by atoms with Crippen molar-refractivity contribution in [3.63, 3.8) is 0 Å². The van der Waals surface area contributed by atoms with Crippen LogP contribution < -0.4 is 31.4 Å². The standard InChI is InChI=1S/C38H37F3N4O9/c1-52-28-14-10-26(11-15-28)37(25-8-4-3-5-9-25,27-12-16-29(53-2)17-13-27)22-36(23-46)30(47)19-32(54-36)45-21-24(33(49)44-35(45)51)7-6-18-42-31(48)20-43-34(50)38(39,40)41/h3-5,8-17,21,30,32,46-47H,18-20,22-23H2,1-2H3,(H,42,48)(H,43,50)(H,44,49,51)/t30?,32-,36?/m1/s1. The number of hydrogen-bond donors (Lipinski definition) is 5. The molecule has 54 heavy (non-hydrogen) atoms. The number of methoxy groups -OCH3 is 2. The van der Waals surface area contributed by atoms with E-state index >= 15 is 0 Å². The minimum atomic E-state index is -5.15. The van der Waals surface area contributed by atoms with E-state index in [0.29, 0.717) is 11.5 Å². The summed E-state index contributed by atoms with van der Waals surface area (Å²) >= 11 is 0. The molecule has 0 spiro atoms. The lowest BCUT2D eigenvalue weighted by molar-refractivity contribution is -0.173. The SMILES string of the molecule is COc1ccc(C(CC2(CO)O[C@@H](n3cc(C#CCNC(=O)CNC(=O)C(F)(F)F)c(=O)[nH]c3=O)CC2O)(c2ccccc2)c2ccc(OC)cc2)cc1. The van der Waals surface area contributed by atoms with Crippen molar-refractivity contribution in [2.24, 2.45) is 0 Å². The summed E-state index contributed by atoms with van der Waals surface area (Å²) in [6, 6.07) is 24.2. The molecule has 2 amide bonds. The van der Waals surface area contributed by atoms with Crippen LogP contribution in [0.1, 0.15) is 41.3 Å². The molecule has 0 saturated carbocycles. The third kappa shape index (κ3) is 8.33. The number of aliphatic hydroxyl groups excluding tert-OH is 2. The number of rotatable bonds is 12. The number of benzene rings is 3. The highest BCUT2D eigenvalue weighted by atomic mass is 19.4. The second-order valence-corrected chi connectivity index (χ2v) is 12.4. The molecule has 2 unspecified atom stereocenters. The number of hydrogen-bond acceptors (Lipinski definition) is 9. The van der Waals surface area contributed by atoms with Crippen molar-refractivity contribution in [1.82, 2.24) is 20.2 Å². The summed E-state index contributed by atoms with van der Waals surface area (Å²) in [4.78, 5) is 50.7. The van der Waals surface area contributed by atoms with Gasteiger partial charge in [0.05, 0.1) is 40.0 Å². The number of ether oxygens (including phenoxy) is 3. The molecule has 5 rings (SSSR count). The molecule has 3 aromatic carbocycles. The Kier molecular flexibility index (Phi) is 12.0. The number of aromatic amines is 1. The van der Waals surface area contributed by atoms with E-state index < -0.39 is 72.3 Å². The predicted molar refractivity (Wildman–Crippen MR) is 188 cm³/mol. The van der Waals surface area contributed by atoms with E-state index in [1.165, 1.54) is 5.32 Å². The normalized spacial score (nSPS) is 18.3. The molecule has 1 aliphatic heterocycles. The monoisotopic (exact) mass is 750 g/mol. The van der Waals surface area contributed by atoms with Gasteiger partial charge in [0.2, 0.25) is 5.91 Å². The van der Waals surface area contributed by atoms with Crippen LogP contribution in [0.5, 0.6) is 11.5 Å². The molecule has 1 aliphatic rings. The van der Waals surface area contributed by atoms with Crippen molar-refractivity contribution >= 4 is 11.8 Å². The van der Waals surface area contributed by atoms with Crippen LogP contribution in [0.3, 0.4) is 0 Å². The fraction of sp³-hybridized carbons (Fsp3) is 0.316. The fourth-order valence-corrected chi connectivity index (χ4v) is 6.45. The van der Waals surface area contributed by atoms with Crippen molar-refractivity contribution in [3.05, 3.63) is 128 Å². The van der Waals surface area contributed by atoms with E-state index in [4.69, 9.17) is 14.2 Å². The summed E-state index contributed by atoms with van der Waals surface area (Å²) in [5.41, 5.74) is -2.37. The second kappa shape index (κ2) is 16.4. The third-order valence-corrected chi connectivity index (χ3v) is 9.21. The number of H-pyrrole nitrogens is 1. The summed E-state index contributed by atoms with van der Waals surface area (Å²) in [5.74, 6) is 2.93. The smallest absolute Gasteiger partial charge is 0.471 e. The molecule has 1 fully saturated rings. The first-order valence-corrected chi connectivity index (χ1v) is 16.5. The first-order valence-electron chi connectivity index (χ1n) is 16.5. The van der Waals surface area contributed by atoms with E-state index in [-0.39, 0.29) is 18.4 Å². The number of aromatic nitrogens is 2. The van der Waals surface area contributed by atoms with Crippen LogP contribution in [0.4, 0.5) is 13.2 Å². The number of amides is 2. The molecule has 0 bridgehead atoms. The Morgan fingerprint density at radius 1 is 0.944 bits per heavy atom. The zero-order valence-electron chi connectivity index (χ0n) is 29.1. The first kappa shape index (κ1) is 39.3. The van der Waals surface area contributed by atoms with Crippen LogP contribution in [-0.2, 0) is 19.7 Å². The van der Waals surface area contributed by atoms with E-state index in [0.717, 1.165) is 27.5 Å². The van der Waals surface area contributed by atoms with Gasteiger partial charge >= 0.3 is 17.8 Å². The Morgan fingerprint density at radius 3 is 2.06 bits per heavy atom. The van der Waals surface area contributed by atoms with Crippen LogP contribution in [-0.4, -0.2) is 83.4 Å². The Balaban J connectivity index is 1.48. The maximum Gasteiger partial charge on any atom is 0.471 e. The molecule has 3 atom stereocenters. The molecule has 284 valence electrons. The van der Waals surface area contributed by atoms with E-state index in [1.807, 2.05) is 54.6 Å². The van der Waals surface area contributed by atoms with Gasteiger partial charge in [0.1, 0.15) is 28.9 Å². The number of aliphatic hydroxyl groups is 2. The number of alkyl halides is 3. The highest BCUT2D eigenvalue weighted by Crippen LogP contribution is 2.51. The Labute approximate surface area is 306 Å². The molecule has 1 aromatic heterocycles. The lowest BCUT2D eigenvalue weighted by Crippen LogP contribution is -2.50. The average molecular weight is 751 g/mol. The van der Waals surface area contributed by atoms with Gasteiger partial charge in [0, 0.05) is 18.0 Å². The molecule has 4 aromatic rings. The largest absolute Gasteiger partial charge is 0.497 e. The lowest BCUT2D eigenvalue weighted by atomic mass is 9.63. The highest BCUT2D eigenvalue weighted by molar-refractivity contribution is 5.87. The Hall–Kier alpha value is -5.89. The summed E-state index contributed by atoms with van der Waals surface area (Å²) < 4.78 is 55.4. The van der Waals surface area contributed by atoms with Gasteiger partial charge in [0.25, 0.3) is 5.56 Å². The Morgan fingerprint density at radius 2 is 1.52 bits per heavy atom. The molecule has 16 heteroatoms. The number of nitrogens with zero attached hydrogens (tertiary/aromatic N) is 1. The van der Waals surface area contributed by atoms with Crippen molar-refractivity contribution in [2.75, 3.05) is 33.9 Å². The van der Waals surface area contributed by atoms with Crippen molar-refractivity contribution in [2.45, 2.75) is 42.4 Å². The van der Waals surface area contributed by atoms with Crippen molar-refractivity contribution in [1.29, 1.82) is 0 Å². The van der Waals surface area contributed by atoms with Gasteiger partial charge in [-0.05, 0) is 47.4 Å². The molecule has 1 saturated heterocycles. The van der Waals surface area contributed by atoms with Crippen LogP contribution in [0.25, 0.3) is 0 Å². The van der Waals surface area contributed by atoms with Crippen molar-refractivity contribution in [3.8, 4) is 23.3 Å².